The van der Waals surface area contributed by atoms with Crippen molar-refractivity contribution in [3.05, 3.63) is 30.1 Å². The predicted molar refractivity (Wildman–Crippen MR) is 179 cm³/mol. The Labute approximate surface area is 299 Å². The summed E-state index contributed by atoms with van der Waals surface area (Å²) in [6.07, 6.45) is 4.02. The highest BCUT2D eigenvalue weighted by atomic mass is 19.1. The lowest BCUT2D eigenvalue weighted by Gasteiger charge is -2.62. The third-order valence-electron chi connectivity index (χ3n) is 14.7. The van der Waals surface area contributed by atoms with Crippen molar-refractivity contribution in [3.63, 3.8) is 0 Å². The van der Waals surface area contributed by atoms with E-state index in [-0.39, 0.29) is 41.6 Å². The van der Waals surface area contributed by atoms with Crippen molar-refractivity contribution >= 4 is 11.8 Å². The molecule has 0 radical (unpaired) electrons. The van der Waals surface area contributed by atoms with E-state index in [4.69, 9.17) is 43.2 Å². The Morgan fingerprint density at radius 3 is 2.00 bits per heavy atom. The SMILES string of the molecule is C[C@H]1[C@@H](C[C@H](OC(=O)Nc2cccc(F)c2)C2O[C@@H]3O[C@]4(C)CC[C@H]5[C@H](C)CC[C@@H]([C@H]2C)C35OO4)O[C@@H]2O[C@]3(C)CC[C@H]4[C@H](C)CC[C@@H]1C24OO3. The van der Waals surface area contributed by atoms with E-state index in [1.165, 1.54) is 12.1 Å². The van der Waals surface area contributed by atoms with Crippen LogP contribution in [0.1, 0.15) is 99.3 Å². The molecule has 10 fully saturated rings. The fourth-order valence-corrected chi connectivity index (χ4v) is 11.9. The standard InChI is InChI=1S/C39H54FNO10/c1-20-10-12-28-22(3)30(43-33-38(28)26(20)14-16-36(5,46-33)48-50-38)19-31(44-35(42)41-25-9-7-8-24(40)18-25)32-23(4)29-13-11-21(2)27-15-17-37(6)47-34(45-32)39(27,29)51-49-37/h7-9,18,20-23,26-34H,10-17,19H2,1-6H3,(H,41,42)/t20-,21-,22-,23-,26+,27+,28+,29+,30-,31+,32?,33-,34-,36+,37+,38?,39?/m1/s1. The number of amides is 1. The van der Waals surface area contributed by atoms with Gasteiger partial charge in [-0.15, -0.1) is 0 Å². The smallest absolute Gasteiger partial charge is 0.411 e. The molecule has 2 spiro atoms. The van der Waals surface area contributed by atoms with Gasteiger partial charge in [0.25, 0.3) is 0 Å². The monoisotopic (exact) mass is 715 g/mol. The molecule has 3 unspecified atom stereocenters. The van der Waals surface area contributed by atoms with Gasteiger partial charge in [0.05, 0.1) is 6.10 Å². The average Bonchev–Trinajstić information content (AvgIpc) is 3.46. The molecule has 1 aromatic rings. The summed E-state index contributed by atoms with van der Waals surface area (Å²) in [6, 6.07) is 5.78. The number of anilines is 1. The van der Waals surface area contributed by atoms with E-state index >= 15 is 0 Å². The summed E-state index contributed by atoms with van der Waals surface area (Å²) in [6.45, 7) is 12.8. The van der Waals surface area contributed by atoms with Crippen LogP contribution in [-0.2, 0) is 43.2 Å². The van der Waals surface area contributed by atoms with Crippen LogP contribution in [0.2, 0.25) is 0 Å². The maximum Gasteiger partial charge on any atom is 0.411 e. The van der Waals surface area contributed by atoms with Gasteiger partial charge in [-0.1, -0.05) is 33.8 Å². The maximum absolute atomic E-state index is 14.1. The number of hydrogen-bond donors (Lipinski definition) is 1. The lowest BCUT2D eigenvalue weighted by atomic mass is 9.56. The molecule has 8 heterocycles. The Bertz CT molecular complexity index is 1520. The molecule has 8 aliphatic heterocycles. The van der Waals surface area contributed by atoms with Crippen molar-refractivity contribution in [1.29, 1.82) is 0 Å². The Hall–Kier alpha value is -1.90. The van der Waals surface area contributed by atoms with Crippen LogP contribution in [0.4, 0.5) is 14.9 Å². The number of hydrogen-bond acceptors (Lipinski definition) is 10. The van der Waals surface area contributed by atoms with E-state index in [9.17, 15) is 9.18 Å². The van der Waals surface area contributed by atoms with Crippen LogP contribution in [0.3, 0.4) is 0 Å². The van der Waals surface area contributed by atoms with Gasteiger partial charge in [-0.3, -0.25) is 5.32 Å². The van der Waals surface area contributed by atoms with E-state index in [0.29, 0.717) is 30.4 Å². The molecule has 51 heavy (non-hydrogen) atoms. The van der Waals surface area contributed by atoms with E-state index in [0.717, 1.165) is 44.9 Å². The van der Waals surface area contributed by atoms with Crippen LogP contribution in [0.5, 0.6) is 0 Å². The number of carbonyl (C=O) groups is 1. The van der Waals surface area contributed by atoms with Gasteiger partial charge in [0, 0.05) is 36.8 Å². The molecule has 8 saturated heterocycles. The van der Waals surface area contributed by atoms with Crippen LogP contribution in [0.15, 0.2) is 24.3 Å². The number of rotatable bonds is 5. The van der Waals surface area contributed by atoms with Crippen LogP contribution >= 0.6 is 0 Å². The molecular formula is C39H54FNO10. The molecular weight excluding hydrogens is 661 g/mol. The molecule has 11 rings (SSSR count). The molecule has 10 aliphatic rings. The number of fused-ring (bicyclic) bond motifs is 4. The van der Waals surface area contributed by atoms with Gasteiger partial charge in [0.15, 0.2) is 23.8 Å². The van der Waals surface area contributed by atoms with Crippen LogP contribution < -0.4 is 5.32 Å². The molecule has 0 aromatic heterocycles. The predicted octanol–water partition coefficient (Wildman–Crippen LogP) is 7.63. The van der Waals surface area contributed by atoms with Crippen molar-refractivity contribution in [2.24, 2.45) is 47.3 Å². The van der Waals surface area contributed by atoms with Gasteiger partial charge in [0.2, 0.25) is 11.6 Å². The van der Waals surface area contributed by atoms with E-state index < -0.39 is 59.5 Å². The Morgan fingerprint density at radius 2 is 1.39 bits per heavy atom. The second-order valence-electron chi connectivity index (χ2n) is 17.6. The molecule has 1 amide bonds. The Balaban J connectivity index is 1.05. The summed E-state index contributed by atoms with van der Waals surface area (Å²) < 4.78 is 47.8. The molecule has 1 N–H and O–H groups in total. The van der Waals surface area contributed by atoms with Crippen molar-refractivity contribution in [2.75, 3.05) is 5.32 Å². The van der Waals surface area contributed by atoms with Gasteiger partial charge in [-0.2, -0.15) is 0 Å². The molecule has 1 aromatic carbocycles. The molecule has 17 atom stereocenters. The first-order chi connectivity index (χ1) is 24.3. The highest BCUT2D eigenvalue weighted by molar-refractivity contribution is 5.84. The largest absolute Gasteiger partial charge is 0.443 e. The molecule has 12 heteroatoms. The minimum Gasteiger partial charge on any atom is -0.443 e. The summed E-state index contributed by atoms with van der Waals surface area (Å²) in [7, 11) is 0. The summed E-state index contributed by atoms with van der Waals surface area (Å²) in [5.41, 5.74) is -1.15. The quantitative estimate of drug-likeness (QED) is 0.306. The van der Waals surface area contributed by atoms with E-state index in [1.54, 1.807) is 12.1 Å². The van der Waals surface area contributed by atoms with Crippen LogP contribution in [-0.4, -0.2) is 59.8 Å². The van der Waals surface area contributed by atoms with Crippen molar-refractivity contribution in [3.8, 4) is 0 Å². The molecule has 11 nitrogen and oxygen atoms in total. The lowest BCUT2D eigenvalue weighted by molar-refractivity contribution is -0.573. The summed E-state index contributed by atoms with van der Waals surface area (Å²) in [4.78, 5) is 38.6. The minimum atomic E-state index is -0.938. The highest BCUT2D eigenvalue weighted by Crippen LogP contribution is 2.63. The molecule has 282 valence electrons. The fourth-order valence-electron chi connectivity index (χ4n) is 11.9. The van der Waals surface area contributed by atoms with Gasteiger partial charge in [0.1, 0.15) is 18.0 Å². The first-order valence-electron chi connectivity index (χ1n) is 19.5. The zero-order valence-electron chi connectivity index (χ0n) is 30.6. The first-order valence-corrected chi connectivity index (χ1v) is 19.5. The number of carbonyl (C=O) groups excluding carboxylic acids is 1. The van der Waals surface area contributed by atoms with Gasteiger partial charge >= 0.3 is 6.09 Å². The maximum atomic E-state index is 14.1. The average molecular weight is 716 g/mol. The van der Waals surface area contributed by atoms with Crippen molar-refractivity contribution in [1.82, 2.24) is 0 Å². The molecule has 4 bridgehead atoms. The van der Waals surface area contributed by atoms with Gasteiger partial charge in [-0.05, 0) is 106 Å². The fraction of sp³-hybridized carbons (Fsp3) is 0.821. The zero-order chi connectivity index (χ0) is 35.5. The molecule has 2 aliphatic carbocycles. The summed E-state index contributed by atoms with van der Waals surface area (Å²) >= 11 is 0. The topological polar surface area (TPSA) is 112 Å². The lowest BCUT2D eigenvalue weighted by Crippen LogP contribution is -2.72. The zero-order valence-corrected chi connectivity index (χ0v) is 30.6. The Morgan fingerprint density at radius 1 is 0.804 bits per heavy atom. The second kappa shape index (κ2) is 12.3. The Kier molecular flexibility index (Phi) is 8.41. The third-order valence-corrected chi connectivity index (χ3v) is 14.7. The summed E-state index contributed by atoms with van der Waals surface area (Å²) in [5.74, 6) is -0.866. The number of nitrogens with one attached hydrogen (secondary N) is 1. The second-order valence-corrected chi connectivity index (χ2v) is 17.6. The number of benzene rings is 1. The molecule has 2 saturated carbocycles. The summed E-state index contributed by atoms with van der Waals surface area (Å²) in [5, 5.41) is 2.75. The van der Waals surface area contributed by atoms with Crippen LogP contribution in [0, 0.1) is 53.2 Å². The first kappa shape index (κ1) is 34.8. The van der Waals surface area contributed by atoms with E-state index in [2.05, 4.69) is 33.0 Å². The van der Waals surface area contributed by atoms with Gasteiger partial charge < -0.3 is 23.7 Å². The minimum absolute atomic E-state index is 0.0363. The van der Waals surface area contributed by atoms with Crippen LogP contribution in [0.25, 0.3) is 0 Å². The normalized spacial score (nSPS) is 51.7. The number of halogens is 1. The highest BCUT2D eigenvalue weighted by Gasteiger charge is 2.72. The third kappa shape index (κ3) is 5.36. The van der Waals surface area contributed by atoms with Crippen molar-refractivity contribution in [2.45, 2.75) is 153 Å². The van der Waals surface area contributed by atoms with Gasteiger partial charge in [-0.25, -0.2) is 28.7 Å². The van der Waals surface area contributed by atoms with E-state index in [1.807, 2.05) is 13.8 Å². The van der Waals surface area contributed by atoms with Crippen molar-refractivity contribution < 1.29 is 52.4 Å². The number of ether oxygens (including phenoxy) is 5.